The van der Waals surface area contributed by atoms with E-state index in [0.29, 0.717) is 16.7 Å². The zero-order valence-electron chi connectivity index (χ0n) is 11.1. The molecule has 0 saturated carbocycles. The van der Waals surface area contributed by atoms with E-state index in [-0.39, 0.29) is 5.56 Å². The maximum Gasteiger partial charge on any atom is 0.341 e. The molecule has 102 valence electrons. The molecule has 0 radical (unpaired) electrons. The molecule has 0 amide bonds. The number of pyridine rings is 1. The Morgan fingerprint density at radius 2 is 2.21 bits per heavy atom. The number of aromatic nitrogens is 3. The number of nitrogens with zero attached hydrogens (tertiary/aromatic N) is 2. The van der Waals surface area contributed by atoms with Gasteiger partial charge in [0, 0.05) is 12.2 Å². The first kappa shape index (κ1) is 13.3. The van der Waals surface area contributed by atoms with Crippen molar-refractivity contribution in [1.29, 1.82) is 0 Å². The molecule has 0 bridgehead atoms. The first-order chi connectivity index (χ1) is 9.06. The van der Waals surface area contributed by atoms with Gasteiger partial charge in [0.05, 0.1) is 11.6 Å². The molecule has 0 saturated heterocycles. The molecule has 19 heavy (non-hydrogen) atoms. The summed E-state index contributed by atoms with van der Waals surface area (Å²) in [5.41, 5.74) is 0.284. The maximum absolute atomic E-state index is 12.1. The molecule has 6 heteroatoms. The van der Waals surface area contributed by atoms with Gasteiger partial charge >= 0.3 is 5.97 Å². The average molecular weight is 263 g/mol. The van der Waals surface area contributed by atoms with Crippen LogP contribution < -0.4 is 5.43 Å². The summed E-state index contributed by atoms with van der Waals surface area (Å²) in [6, 6.07) is 0. The number of rotatable bonds is 5. The van der Waals surface area contributed by atoms with Crippen LogP contribution in [-0.4, -0.2) is 25.8 Å². The number of carboxylic acid groups (broad SMARTS) is 1. The number of nitrogens with one attached hydrogen (secondary N) is 1. The number of carbonyl (C=O) groups is 1. The number of unbranched alkanes of at least 4 members (excludes halogenated alkanes) is 2. The summed E-state index contributed by atoms with van der Waals surface area (Å²) in [7, 11) is 0. The molecule has 2 N–H and O–H groups in total. The number of fused-ring (bicyclic) bond motifs is 1. The highest BCUT2D eigenvalue weighted by Crippen LogP contribution is 2.12. The van der Waals surface area contributed by atoms with Gasteiger partial charge in [-0.2, -0.15) is 5.10 Å². The lowest BCUT2D eigenvalue weighted by molar-refractivity contribution is 0.0694. The van der Waals surface area contributed by atoms with Gasteiger partial charge in [0.2, 0.25) is 5.43 Å². The molecule has 0 aliphatic rings. The van der Waals surface area contributed by atoms with Crippen molar-refractivity contribution < 1.29 is 9.90 Å². The lowest BCUT2D eigenvalue weighted by atomic mass is 10.1. The van der Waals surface area contributed by atoms with Crippen molar-refractivity contribution in [2.75, 3.05) is 0 Å². The summed E-state index contributed by atoms with van der Waals surface area (Å²) in [6.45, 7) is 4.43. The highest BCUT2D eigenvalue weighted by molar-refractivity contribution is 5.92. The summed E-state index contributed by atoms with van der Waals surface area (Å²) in [6.07, 6.45) is 4.62. The van der Waals surface area contributed by atoms with Crippen molar-refractivity contribution in [2.45, 2.75) is 39.7 Å². The third-order valence-corrected chi connectivity index (χ3v) is 3.18. The zero-order valence-corrected chi connectivity index (χ0v) is 11.1. The number of aromatic carboxylic acids is 1. The van der Waals surface area contributed by atoms with Crippen LogP contribution in [-0.2, 0) is 6.54 Å². The third-order valence-electron chi connectivity index (χ3n) is 3.18. The molecule has 0 spiro atoms. The molecule has 0 unspecified atom stereocenters. The zero-order chi connectivity index (χ0) is 14.0. The van der Waals surface area contributed by atoms with E-state index in [1.165, 1.54) is 6.20 Å². The van der Waals surface area contributed by atoms with E-state index in [2.05, 4.69) is 17.0 Å². The second-order valence-corrected chi connectivity index (χ2v) is 4.60. The number of carboxylic acids is 1. The van der Waals surface area contributed by atoms with E-state index in [9.17, 15) is 9.59 Å². The van der Waals surface area contributed by atoms with Crippen molar-refractivity contribution in [3.63, 3.8) is 0 Å². The van der Waals surface area contributed by atoms with Crippen molar-refractivity contribution in [1.82, 2.24) is 14.8 Å². The van der Waals surface area contributed by atoms with Crippen LogP contribution in [0.3, 0.4) is 0 Å². The Labute approximate surface area is 110 Å². The van der Waals surface area contributed by atoms with Gasteiger partial charge in [0.1, 0.15) is 11.2 Å². The molecule has 2 rings (SSSR count). The normalized spacial score (nSPS) is 11.1. The number of hydrogen-bond donors (Lipinski definition) is 2. The van der Waals surface area contributed by atoms with Crippen molar-refractivity contribution in [2.24, 2.45) is 0 Å². The van der Waals surface area contributed by atoms with Gasteiger partial charge in [-0.1, -0.05) is 19.8 Å². The van der Waals surface area contributed by atoms with Crippen LogP contribution in [0, 0.1) is 6.92 Å². The molecule has 6 nitrogen and oxygen atoms in total. The standard InChI is InChI=1S/C13H17N3O3/c1-3-4-5-6-16-12-9(7-14-16)11(17)10(13(18)19)8(2)15-12/h7H,3-6H2,1-2H3,(H,15,17)(H,18,19). The average Bonchev–Trinajstić information content (AvgIpc) is 2.72. The van der Waals surface area contributed by atoms with E-state index in [4.69, 9.17) is 5.11 Å². The minimum atomic E-state index is -1.21. The summed E-state index contributed by atoms with van der Waals surface area (Å²) >= 11 is 0. The van der Waals surface area contributed by atoms with Crippen molar-refractivity contribution in [3.8, 4) is 0 Å². The predicted octanol–water partition coefficient (Wildman–Crippen LogP) is 1.92. The van der Waals surface area contributed by atoms with Gasteiger partial charge in [-0.05, 0) is 13.3 Å². The Morgan fingerprint density at radius 1 is 1.47 bits per heavy atom. The fraction of sp³-hybridized carbons (Fsp3) is 0.462. The van der Waals surface area contributed by atoms with E-state index in [1.54, 1.807) is 11.6 Å². The van der Waals surface area contributed by atoms with Crippen LogP contribution in [0.4, 0.5) is 0 Å². The number of aryl methyl sites for hydroxylation is 2. The Balaban J connectivity index is 2.50. The number of hydrogen-bond acceptors (Lipinski definition) is 3. The fourth-order valence-corrected chi connectivity index (χ4v) is 2.17. The van der Waals surface area contributed by atoms with E-state index in [0.717, 1.165) is 25.8 Å². The second kappa shape index (κ2) is 5.26. The summed E-state index contributed by atoms with van der Waals surface area (Å²) in [5.74, 6) is -1.21. The summed E-state index contributed by atoms with van der Waals surface area (Å²) in [4.78, 5) is 26.1. The van der Waals surface area contributed by atoms with Crippen LogP contribution in [0.15, 0.2) is 11.0 Å². The molecule has 0 atom stereocenters. The van der Waals surface area contributed by atoms with E-state index >= 15 is 0 Å². The van der Waals surface area contributed by atoms with E-state index < -0.39 is 11.4 Å². The SMILES string of the molecule is CCCCCn1ncc2c(=O)c(C(=O)O)c(C)[nH]c21. The van der Waals surface area contributed by atoms with Gasteiger partial charge in [-0.3, -0.25) is 4.79 Å². The molecule has 0 fully saturated rings. The Bertz CT molecular complexity index is 670. The number of H-pyrrole nitrogens is 1. The molecule has 2 aromatic rings. The van der Waals surface area contributed by atoms with Crippen LogP contribution in [0.1, 0.15) is 42.2 Å². The quantitative estimate of drug-likeness (QED) is 0.807. The second-order valence-electron chi connectivity index (χ2n) is 4.60. The van der Waals surface area contributed by atoms with Gasteiger partial charge in [-0.25, -0.2) is 9.48 Å². The summed E-state index contributed by atoms with van der Waals surface area (Å²) < 4.78 is 1.73. The molecular weight excluding hydrogens is 246 g/mol. The highest BCUT2D eigenvalue weighted by atomic mass is 16.4. The lowest BCUT2D eigenvalue weighted by Crippen LogP contribution is -2.18. The topological polar surface area (TPSA) is 88.0 Å². The number of aromatic amines is 1. The monoisotopic (exact) mass is 263 g/mol. The Hall–Kier alpha value is -2.11. The first-order valence-electron chi connectivity index (χ1n) is 6.38. The van der Waals surface area contributed by atoms with Gasteiger partial charge in [0.25, 0.3) is 0 Å². The molecular formula is C13H17N3O3. The maximum atomic E-state index is 12.1. The Kier molecular flexibility index (Phi) is 3.69. The van der Waals surface area contributed by atoms with Crippen LogP contribution in [0.2, 0.25) is 0 Å². The fourth-order valence-electron chi connectivity index (χ4n) is 2.17. The van der Waals surface area contributed by atoms with Crippen LogP contribution >= 0.6 is 0 Å². The highest BCUT2D eigenvalue weighted by Gasteiger charge is 2.17. The largest absolute Gasteiger partial charge is 0.477 e. The van der Waals surface area contributed by atoms with Crippen LogP contribution in [0.25, 0.3) is 11.0 Å². The van der Waals surface area contributed by atoms with Crippen LogP contribution in [0.5, 0.6) is 0 Å². The van der Waals surface area contributed by atoms with Crippen molar-refractivity contribution >= 4 is 17.0 Å². The molecule has 0 aliphatic carbocycles. The first-order valence-corrected chi connectivity index (χ1v) is 6.38. The van der Waals surface area contributed by atoms with Gasteiger partial charge in [0.15, 0.2) is 0 Å². The molecule has 2 aromatic heterocycles. The Morgan fingerprint density at radius 3 is 2.84 bits per heavy atom. The minimum absolute atomic E-state index is 0.208. The van der Waals surface area contributed by atoms with Gasteiger partial charge < -0.3 is 10.1 Å². The predicted molar refractivity (Wildman–Crippen MR) is 71.6 cm³/mol. The molecule has 2 heterocycles. The summed E-state index contributed by atoms with van der Waals surface area (Å²) in [5, 5.41) is 13.5. The van der Waals surface area contributed by atoms with E-state index in [1.807, 2.05) is 0 Å². The molecule has 0 aromatic carbocycles. The van der Waals surface area contributed by atoms with Gasteiger partial charge in [-0.15, -0.1) is 0 Å². The third kappa shape index (κ3) is 2.38. The van der Waals surface area contributed by atoms with Crippen molar-refractivity contribution in [3.05, 3.63) is 27.7 Å². The minimum Gasteiger partial charge on any atom is -0.477 e. The lowest BCUT2D eigenvalue weighted by Gasteiger charge is -2.05. The molecule has 0 aliphatic heterocycles. The smallest absolute Gasteiger partial charge is 0.341 e.